The molecular formula is C17H22Cl2N2O2S. The molecule has 1 amide bonds. The second-order valence-electron chi connectivity index (χ2n) is 5.13. The summed E-state index contributed by atoms with van der Waals surface area (Å²) in [6.45, 7) is 4.77. The Balaban J connectivity index is 0.00000288. The molecule has 1 heterocycles. The van der Waals surface area contributed by atoms with Crippen molar-refractivity contribution in [3.05, 3.63) is 45.8 Å². The maximum Gasteiger partial charge on any atom is 0.261 e. The minimum absolute atomic E-state index is 0. The van der Waals surface area contributed by atoms with Crippen LogP contribution in [0.2, 0.25) is 5.02 Å². The predicted octanol–water partition coefficient (Wildman–Crippen LogP) is 3.76. The van der Waals surface area contributed by atoms with Crippen molar-refractivity contribution in [1.29, 1.82) is 0 Å². The molecule has 0 unspecified atom stereocenters. The van der Waals surface area contributed by atoms with Crippen LogP contribution in [0.15, 0.2) is 30.3 Å². The SMILES string of the molecule is COCCNCCNC(=O)c1cc(C)c(-c2cccc(Cl)c2)s1.Cl. The van der Waals surface area contributed by atoms with Gasteiger partial charge in [-0.05, 0) is 36.2 Å². The summed E-state index contributed by atoms with van der Waals surface area (Å²) >= 11 is 7.54. The number of thiophene rings is 1. The van der Waals surface area contributed by atoms with E-state index in [1.54, 1.807) is 7.11 Å². The quantitative estimate of drug-likeness (QED) is 0.676. The molecule has 0 aliphatic rings. The molecule has 24 heavy (non-hydrogen) atoms. The van der Waals surface area contributed by atoms with Crippen LogP contribution in [0.25, 0.3) is 10.4 Å². The molecule has 132 valence electrons. The van der Waals surface area contributed by atoms with Gasteiger partial charge in [0.05, 0.1) is 11.5 Å². The minimum atomic E-state index is -0.0417. The number of rotatable bonds is 8. The van der Waals surface area contributed by atoms with Crippen molar-refractivity contribution in [3.63, 3.8) is 0 Å². The molecule has 0 radical (unpaired) electrons. The van der Waals surface area contributed by atoms with Gasteiger partial charge in [0, 0.05) is 36.6 Å². The van der Waals surface area contributed by atoms with Crippen LogP contribution in [0.1, 0.15) is 15.2 Å². The fourth-order valence-corrected chi connectivity index (χ4v) is 3.44. The van der Waals surface area contributed by atoms with E-state index in [9.17, 15) is 4.79 Å². The van der Waals surface area contributed by atoms with Gasteiger partial charge in [-0.2, -0.15) is 0 Å². The number of carbonyl (C=O) groups excluding carboxylic acids is 1. The maximum atomic E-state index is 12.2. The summed E-state index contributed by atoms with van der Waals surface area (Å²) in [5, 5.41) is 6.81. The maximum absolute atomic E-state index is 12.2. The first kappa shape index (κ1) is 20.9. The van der Waals surface area contributed by atoms with Gasteiger partial charge >= 0.3 is 0 Å². The second kappa shape index (κ2) is 10.7. The van der Waals surface area contributed by atoms with Crippen LogP contribution in [0.3, 0.4) is 0 Å². The summed E-state index contributed by atoms with van der Waals surface area (Å²) in [5.41, 5.74) is 2.13. The molecule has 0 saturated heterocycles. The van der Waals surface area contributed by atoms with Crippen LogP contribution in [-0.2, 0) is 4.74 Å². The largest absolute Gasteiger partial charge is 0.383 e. The topological polar surface area (TPSA) is 50.4 Å². The van der Waals surface area contributed by atoms with Gasteiger partial charge in [0.1, 0.15) is 0 Å². The Kier molecular flexibility index (Phi) is 9.33. The van der Waals surface area contributed by atoms with E-state index in [0.29, 0.717) is 18.2 Å². The lowest BCUT2D eigenvalue weighted by molar-refractivity contribution is 0.0957. The molecule has 0 bridgehead atoms. The van der Waals surface area contributed by atoms with E-state index in [1.807, 2.05) is 37.3 Å². The first-order valence-corrected chi connectivity index (χ1v) is 8.65. The first-order chi connectivity index (χ1) is 11.1. The normalized spacial score (nSPS) is 10.3. The zero-order chi connectivity index (χ0) is 16.7. The Morgan fingerprint density at radius 3 is 2.75 bits per heavy atom. The molecule has 2 N–H and O–H groups in total. The highest BCUT2D eigenvalue weighted by Gasteiger charge is 2.13. The number of benzene rings is 1. The smallest absolute Gasteiger partial charge is 0.261 e. The number of aryl methyl sites for hydroxylation is 1. The number of methoxy groups -OCH3 is 1. The van der Waals surface area contributed by atoms with Crippen molar-refractivity contribution in [2.45, 2.75) is 6.92 Å². The number of hydrogen-bond donors (Lipinski definition) is 2. The third kappa shape index (κ3) is 6.07. The van der Waals surface area contributed by atoms with Crippen molar-refractivity contribution in [1.82, 2.24) is 10.6 Å². The van der Waals surface area contributed by atoms with Crippen molar-refractivity contribution in [2.75, 3.05) is 33.4 Å². The molecule has 0 aliphatic heterocycles. The molecule has 0 saturated carbocycles. The Bertz CT molecular complexity index is 662. The van der Waals surface area contributed by atoms with Gasteiger partial charge in [-0.15, -0.1) is 23.7 Å². The van der Waals surface area contributed by atoms with Crippen LogP contribution in [0, 0.1) is 6.92 Å². The van der Waals surface area contributed by atoms with Crippen LogP contribution in [-0.4, -0.2) is 39.3 Å². The van der Waals surface area contributed by atoms with Gasteiger partial charge in [-0.1, -0.05) is 23.7 Å². The highest BCUT2D eigenvalue weighted by Crippen LogP contribution is 2.33. The lowest BCUT2D eigenvalue weighted by Gasteiger charge is -2.05. The number of ether oxygens (including phenoxy) is 1. The summed E-state index contributed by atoms with van der Waals surface area (Å²) in [6.07, 6.45) is 0. The fourth-order valence-electron chi connectivity index (χ4n) is 2.16. The Labute approximate surface area is 158 Å². The van der Waals surface area contributed by atoms with E-state index >= 15 is 0 Å². The van der Waals surface area contributed by atoms with E-state index in [0.717, 1.165) is 34.0 Å². The van der Waals surface area contributed by atoms with Crippen LogP contribution >= 0.6 is 35.3 Å². The first-order valence-electron chi connectivity index (χ1n) is 7.46. The van der Waals surface area contributed by atoms with Gasteiger partial charge in [-0.25, -0.2) is 0 Å². The van der Waals surface area contributed by atoms with Crippen LogP contribution < -0.4 is 10.6 Å². The standard InChI is InChI=1S/C17H21ClN2O2S.ClH/c1-12-10-15(17(21)20-7-6-19-8-9-22-2)23-16(12)13-4-3-5-14(18)11-13;/h3-5,10-11,19H,6-9H2,1-2H3,(H,20,21);1H. The van der Waals surface area contributed by atoms with Crippen molar-refractivity contribution in [3.8, 4) is 10.4 Å². The third-order valence-corrected chi connectivity index (χ3v) is 4.82. The number of nitrogens with one attached hydrogen (secondary N) is 2. The molecule has 1 aromatic carbocycles. The monoisotopic (exact) mass is 388 g/mol. The molecule has 2 aromatic rings. The second-order valence-corrected chi connectivity index (χ2v) is 6.62. The van der Waals surface area contributed by atoms with E-state index in [2.05, 4.69) is 10.6 Å². The lowest BCUT2D eigenvalue weighted by Crippen LogP contribution is -2.32. The molecule has 0 spiro atoms. The summed E-state index contributed by atoms with van der Waals surface area (Å²) in [4.78, 5) is 14.0. The average molecular weight is 389 g/mol. The van der Waals surface area contributed by atoms with Gasteiger partial charge in [0.2, 0.25) is 0 Å². The van der Waals surface area contributed by atoms with Crippen LogP contribution in [0.4, 0.5) is 0 Å². The summed E-state index contributed by atoms with van der Waals surface area (Å²) in [6, 6.07) is 9.61. The van der Waals surface area contributed by atoms with Crippen molar-refractivity contribution in [2.24, 2.45) is 0 Å². The van der Waals surface area contributed by atoms with Gasteiger partial charge in [0.25, 0.3) is 5.91 Å². The Hall–Kier alpha value is -1.11. The van der Waals surface area contributed by atoms with E-state index in [1.165, 1.54) is 11.3 Å². The summed E-state index contributed by atoms with van der Waals surface area (Å²) < 4.78 is 4.95. The zero-order valence-electron chi connectivity index (χ0n) is 13.7. The molecule has 1 aromatic heterocycles. The summed E-state index contributed by atoms with van der Waals surface area (Å²) in [5.74, 6) is -0.0417. The zero-order valence-corrected chi connectivity index (χ0v) is 16.1. The van der Waals surface area contributed by atoms with Crippen molar-refractivity contribution >= 4 is 41.3 Å². The predicted molar refractivity (Wildman–Crippen MR) is 104 cm³/mol. The number of carbonyl (C=O) groups is 1. The lowest BCUT2D eigenvalue weighted by atomic mass is 10.1. The fraction of sp³-hybridized carbons (Fsp3) is 0.353. The van der Waals surface area contributed by atoms with E-state index < -0.39 is 0 Å². The third-order valence-electron chi connectivity index (χ3n) is 3.30. The van der Waals surface area contributed by atoms with E-state index in [-0.39, 0.29) is 18.3 Å². The minimum Gasteiger partial charge on any atom is -0.383 e. The number of halogens is 2. The highest BCUT2D eigenvalue weighted by molar-refractivity contribution is 7.17. The Morgan fingerprint density at radius 2 is 2.04 bits per heavy atom. The van der Waals surface area contributed by atoms with Crippen LogP contribution in [0.5, 0.6) is 0 Å². The van der Waals surface area contributed by atoms with E-state index in [4.69, 9.17) is 16.3 Å². The molecule has 7 heteroatoms. The van der Waals surface area contributed by atoms with Crippen molar-refractivity contribution < 1.29 is 9.53 Å². The number of amides is 1. The molecule has 4 nitrogen and oxygen atoms in total. The molecule has 0 fully saturated rings. The summed E-state index contributed by atoms with van der Waals surface area (Å²) in [7, 11) is 1.67. The molecular weight excluding hydrogens is 367 g/mol. The van der Waals surface area contributed by atoms with Gasteiger partial charge in [0.15, 0.2) is 0 Å². The molecule has 2 rings (SSSR count). The Morgan fingerprint density at radius 1 is 1.25 bits per heavy atom. The average Bonchev–Trinajstić information content (AvgIpc) is 2.92. The number of hydrogen-bond acceptors (Lipinski definition) is 4. The van der Waals surface area contributed by atoms with Gasteiger partial charge < -0.3 is 15.4 Å². The highest BCUT2D eigenvalue weighted by atomic mass is 35.5. The van der Waals surface area contributed by atoms with Gasteiger partial charge in [-0.3, -0.25) is 4.79 Å². The molecule has 0 aliphatic carbocycles. The molecule has 0 atom stereocenters.